The normalized spacial score (nSPS) is 24.7. The molecule has 0 aromatic rings. The number of ether oxygens (including phenoxy) is 1. The summed E-state index contributed by atoms with van der Waals surface area (Å²) in [6, 6.07) is 0. The lowest BCUT2D eigenvalue weighted by Crippen LogP contribution is -2.51. The first kappa shape index (κ1) is 15.4. The van der Waals surface area contributed by atoms with Crippen LogP contribution in [0.1, 0.15) is 33.1 Å². The molecule has 1 fully saturated rings. The summed E-state index contributed by atoms with van der Waals surface area (Å²) in [6.07, 6.45) is 3.23. The van der Waals surface area contributed by atoms with Crippen LogP contribution in [0.5, 0.6) is 0 Å². The Morgan fingerprint density at radius 3 is 2.83 bits per heavy atom. The SMILES string of the molecule is CNC(C)(CCCCN1CCOC(C)C1)C(N)=O. The Morgan fingerprint density at radius 1 is 1.56 bits per heavy atom. The van der Waals surface area contributed by atoms with Gasteiger partial charge in [-0.15, -0.1) is 0 Å². The summed E-state index contributed by atoms with van der Waals surface area (Å²) in [5.74, 6) is -0.273. The van der Waals surface area contributed by atoms with Gasteiger partial charge in [-0.3, -0.25) is 9.69 Å². The summed E-state index contributed by atoms with van der Waals surface area (Å²) < 4.78 is 5.50. The van der Waals surface area contributed by atoms with Crippen molar-refractivity contribution in [1.29, 1.82) is 0 Å². The van der Waals surface area contributed by atoms with Gasteiger partial charge in [0.05, 0.1) is 18.2 Å². The standard InChI is InChI=1S/C13H27N3O2/c1-11-10-16(8-9-18-11)7-5-4-6-13(2,15-3)12(14)17/h11,15H,4-10H2,1-3H3,(H2,14,17). The molecular weight excluding hydrogens is 230 g/mol. The molecule has 0 spiro atoms. The Bertz CT molecular complexity index is 273. The number of carbonyl (C=O) groups is 1. The van der Waals surface area contributed by atoms with Gasteiger partial charge in [0.1, 0.15) is 0 Å². The van der Waals surface area contributed by atoms with Crippen LogP contribution >= 0.6 is 0 Å². The van der Waals surface area contributed by atoms with Crippen molar-refractivity contribution in [2.24, 2.45) is 5.73 Å². The summed E-state index contributed by atoms with van der Waals surface area (Å²) in [4.78, 5) is 13.7. The third-order valence-corrected chi connectivity index (χ3v) is 3.82. The minimum absolute atomic E-state index is 0.273. The first-order valence-electron chi connectivity index (χ1n) is 6.81. The van der Waals surface area contributed by atoms with Crippen molar-refractivity contribution in [1.82, 2.24) is 10.2 Å². The zero-order valence-corrected chi connectivity index (χ0v) is 11.9. The molecule has 0 bridgehead atoms. The number of morpholine rings is 1. The third-order valence-electron chi connectivity index (χ3n) is 3.82. The van der Waals surface area contributed by atoms with E-state index in [9.17, 15) is 4.79 Å². The molecular formula is C13H27N3O2. The second-order valence-electron chi connectivity index (χ2n) is 5.39. The van der Waals surface area contributed by atoms with Gasteiger partial charge in [-0.25, -0.2) is 0 Å². The van der Waals surface area contributed by atoms with Gasteiger partial charge in [-0.2, -0.15) is 0 Å². The van der Waals surface area contributed by atoms with Crippen LogP contribution in [0, 0.1) is 0 Å². The van der Waals surface area contributed by atoms with Gasteiger partial charge in [-0.1, -0.05) is 0 Å². The molecule has 5 heteroatoms. The molecule has 0 saturated carbocycles. The van der Waals surface area contributed by atoms with E-state index in [0.29, 0.717) is 6.10 Å². The first-order chi connectivity index (χ1) is 8.48. The average Bonchev–Trinajstić information content (AvgIpc) is 2.34. The first-order valence-corrected chi connectivity index (χ1v) is 6.81. The van der Waals surface area contributed by atoms with Crippen LogP contribution in [0.2, 0.25) is 0 Å². The highest BCUT2D eigenvalue weighted by Crippen LogP contribution is 2.14. The topological polar surface area (TPSA) is 67.6 Å². The molecule has 0 aromatic carbocycles. The Kier molecular flexibility index (Phi) is 6.05. The molecule has 1 saturated heterocycles. The molecule has 2 atom stereocenters. The van der Waals surface area contributed by atoms with Gasteiger partial charge >= 0.3 is 0 Å². The average molecular weight is 257 g/mol. The van der Waals surface area contributed by atoms with Gasteiger partial charge in [-0.05, 0) is 46.7 Å². The van der Waals surface area contributed by atoms with E-state index in [-0.39, 0.29) is 5.91 Å². The van der Waals surface area contributed by atoms with E-state index in [1.165, 1.54) is 0 Å². The fourth-order valence-electron chi connectivity index (χ4n) is 2.28. The van der Waals surface area contributed by atoms with E-state index in [1.54, 1.807) is 7.05 Å². The van der Waals surface area contributed by atoms with Crippen LogP contribution < -0.4 is 11.1 Å². The van der Waals surface area contributed by atoms with E-state index >= 15 is 0 Å². The minimum atomic E-state index is -0.571. The second-order valence-corrected chi connectivity index (χ2v) is 5.39. The van der Waals surface area contributed by atoms with Crippen molar-refractivity contribution < 1.29 is 9.53 Å². The summed E-state index contributed by atoms with van der Waals surface area (Å²) in [5, 5.41) is 3.02. The fraction of sp³-hybridized carbons (Fsp3) is 0.923. The van der Waals surface area contributed by atoms with E-state index in [2.05, 4.69) is 17.1 Å². The van der Waals surface area contributed by atoms with Crippen LogP contribution in [-0.2, 0) is 9.53 Å². The van der Waals surface area contributed by atoms with Gasteiger partial charge in [0.15, 0.2) is 0 Å². The van der Waals surface area contributed by atoms with Crippen LogP contribution in [-0.4, -0.2) is 55.7 Å². The highest BCUT2D eigenvalue weighted by Gasteiger charge is 2.28. The number of likely N-dealkylation sites (N-methyl/N-ethyl adjacent to an activating group) is 1. The maximum atomic E-state index is 11.3. The van der Waals surface area contributed by atoms with E-state index in [0.717, 1.165) is 45.5 Å². The van der Waals surface area contributed by atoms with Crippen LogP contribution in [0.15, 0.2) is 0 Å². The molecule has 106 valence electrons. The Labute approximate surface area is 110 Å². The lowest BCUT2D eigenvalue weighted by atomic mass is 9.94. The number of nitrogens with two attached hydrogens (primary N) is 1. The molecule has 1 rings (SSSR count). The summed E-state index contributed by atoms with van der Waals surface area (Å²) in [5.41, 5.74) is 4.83. The smallest absolute Gasteiger partial charge is 0.237 e. The van der Waals surface area contributed by atoms with Crippen molar-refractivity contribution in [3.05, 3.63) is 0 Å². The lowest BCUT2D eigenvalue weighted by Gasteiger charge is -2.31. The number of nitrogens with zero attached hydrogens (tertiary/aromatic N) is 1. The number of nitrogens with one attached hydrogen (secondary N) is 1. The summed E-state index contributed by atoms with van der Waals surface area (Å²) in [6.45, 7) is 7.91. The van der Waals surface area contributed by atoms with Crippen LogP contribution in [0.25, 0.3) is 0 Å². The van der Waals surface area contributed by atoms with Crippen LogP contribution in [0.3, 0.4) is 0 Å². The van der Waals surface area contributed by atoms with E-state index in [4.69, 9.17) is 10.5 Å². The number of rotatable bonds is 7. The van der Waals surface area contributed by atoms with Gasteiger partial charge < -0.3 is 15.8 Å². The Hall–Kier alpha value is -0.650. The Balaban J connectivity index is 2.19. The molecule has 3 N–H and O–H groups in total. The predicted octanol–water partition coefficient (Wildman–Crippen LogP) is 0.341. The predicted molar refractivity (Wildman–Crippen MR) is 72.4 cm³/mol. The second kappa shape index (κ2) is 7.07. The van der Waals surface area contributed by atoms with Crippen molar-refractivity contribution >= 4 is 5.91 Å². The zero-order chi connectivity index (χ0) is 13.6. The Morgan fingerprint density at radius 2 is 2.28 bits per heavy atom. The van der Waals surface area contributed by atoms with E-state index in [1.807, 2.05) is 6.92 Å². The molecule has 0 radical (unpaired) electrons. The highest BCUT2D eigenvalue weighted by molar-refractivity contribution is 5.84. The minimum Gasteiger partial charge on any atom is -0.376 e. The molecule has 0 aromatic heterocycles. The molecule has 1 amide bonds. The van der Waals surface area contributed by atoms with Crippen molar-refractivity contribution in [2.75, 3.05) is 33.3 Å². The van der Waals surface area contributed by atoms with Crippen molar-refractivity contribution in [2.45, 2.75) is 44.8 Å². The molecule has 1 aliphatic heterocycles. The molecule has 5 nitrogen and oxygen atoms in total. The number of hydrogen-bond donors (Lipinski definition) is 2. The molecule has 1 heterocycles. The largest absolute Gasteiger partial charge is 0.376 e. The maximum Gasteiger partial charge on any atom is 0.237 e. The third kappa shape index (κ3) is 4.55. The molecule has 0 aliphatic carbocycles. The lowest BCUT2D eigenvalue weighted by molar-refractivity contribution is -0.123. The monoisotopic (exact) mass is 257 g/mol. The molecule has 18 heavy (non-hydrogen) atoms. The van der Waals surface area contributed by atoms with Gasteiger partial charge in [0.25, 0.3) is 0 Å². The summed E-state index contributed by atoms with van der Waals surface area (Å²) in [7, 11) is 1.79. The van der Waals surface area contributed by atoms with Crippen LogP contribution in [0.4, 0.5) is 0 Å². The molecule has 1 aliphatic rings. The van der Waals surface area contributed by atoms with Crippen molar-refractivity contribution in [3.8, 4) is 0 Å². The number of unbranched alkanes of at least 4 members (excludes halogenated alkanes) is 1. The maximum absolute atomic E-state index is 11.3. The van der Waals surface area contributed by atoms with Crippen molar-refractivity contribution in [3.63, 3.8) is 0 Å². The van der Waals surface area contributed by atoms with Gasteiger partial charge in [0.2, 0.25) is 5.91 Å². The van der Waals surface area contributed by atoms with E-state index < -0.39 is 5.54 Å². The fourth-order valence-corrected chi connectivity index (χ4v) is 2.28. The number of primary amides is 1. The number of hydrogen-bond acceptors (Lipinski definition) is 4. The number of amides is 1. The summed E-state index contributed by atoms with van der Waals surface area (Å²) >= 11 is 0. The highest BCUT2D eigenvalue weighted by atomic mass is 16.5. The number of carbonyl (C=O) groups excluding carboxylic acids is 1. The molecule has 2 unspecified atom stereocenters. The zero-order valence-electron chi connectivity index (χ0n) is 11.9. The quantitative estimate of drug-likeness (QED) is 0.645. The van der Waals surface area contributed by atoms with Gasteiger partial charge in [0, 0.05) is 13.1 Å².